The molecule has 146 valence electrons. The van der Waals surface area contributed by atoms with Gasteiger partial charge in [0.25, 0.3) is 0 Å². The van der Waals surface area contributed by atoms with Crippen LogP contribution in [-0.4, -0.2) is 53.5 Å². The molecule has 3 atom stereocenters. The average Bonchev–Trinajstić information content (AvgIpc) is 2.80. The van der Waals surface area contributed by atoms with Crippen molar-refractivity contribution in [2.24, 2.45) is 17.3 Å². The number of hydrogen-bond acceptors (Lipinski definition) is 2. The highest BCUT2D eigenvalue weighted by Gasteiger charge is 2.54. The molecule has 1 saturated heterocycles. The van der Waals surface area contributed by atoms with Crippen molar-refractivity contribution in [1.29, 1.82) is 0 Å². The summed E-state index contributed by atoms with van der Waals surface area (Å²) in [5, 5.41) is 10.6. The van der Waals surface area contributed by atoms with Crippen LogP contribution in [-0.2, 0) is 4.79 Å². The number of rotatable bonds is 3. The van der Waals surface area contributed by atoms with E-state index in [2.05, 4.69) is 0 Å². The van der Waals surface area contributed by atoms with E-state index >= 15 is 0 Å². The van der Waals surface area contributed by atoms with Gasteiger partial charge in [-0.25, -0.2) is 4.79 Å². The Morgan fingerprint density at radius 3 is 1.96 bits per heavy atom. The summed E-state index contributed by atoms with van der Waals surface area (Å²) in [7, 11) is 0. The van der Waals surface area contributed by atoms with Crippen molar-refractivity contribution in [3.05, 3.63) is 0 Å². The monoisotopic (exact) mass is 378 g/mol. The van der Waals surface area contributed by atoms with Gasteiger partial charge in [0, 0.05) is 13.1 Å². The minimum absolute atomic E-state index is 0.471. The summed E-state index contributed by atoms with van der Waals surface area (Å²) in [6.45, 7) is 2.77. The highest BCUT2D eigenvalue weighted by Crippen LogP contribution is 2.38. The molecule has 0 aromatic rings. The van der Waals surface area contributed by atoms with Gasteiger partial charge in [-0.15, -0.1) is 0 Å². The SMILES string of the molecule is CC(C)(C)CC(NC(=O)N1C[C@@H](C(F)(F)F)[C@H](C(=O)O)C1)C(F)(F)F. The molecule has 0 bridgehead atoms. The van der Waals surface area contributed by atoms with Crippen molar-refractivity contribution < 1.29 is 41.0 Å². The van der Waals surface area contributed by atoms with Gasteiger partial charge in [-0.2, -0.15) is 26.3 Å². The van der Waals surface area contributed by atoms with Crippen molar-refractivity contribution in [3.63, 3.8) is 0 Å². The maximum absolute atomic E-state index is 13.1. The summed E-state index contributed by atoms with van der Waals surface area (Å²) in [5.74, 6) is -5.97. The first kappa shape index (κ1) is 21.4. The molecule has 0 radical (unpaired) electrons. The molecule has 11 heteroatoms. The number of carboxylic acid groups (broad SMARTS) is 1. The van der Waals surface area contributed by atoms with Gasteiger partial charge >= 0.3 is 24.4 Å². The maximum Gasteiger partial charge on any atom is 0.408 e. The molecule has 0 saturated carbocycles. The Bertz CT molecular complexity index is 512. The Labute approximate surface area is 140 Å². The third-order valence-corrected chi connectivity index (χ3v) is 3.85. The van der Waals surface area contributed by atoms with Crippen molar-refractivity contribution >= 4 is 12.0 Å². The van der Waals surface area contributed by atoms with Gasteiger partial charge in [0.1, 0.15) is 6.04 Å². The highest BCUT2D eigenvalue weighted by molar-refractivity contribution is 5.78. The van der Waals surface area contributed by atoms with E-state index < -0.39 is 67.2 Å². The molecule has 0 aromatic heterocycles. The summed E-state index contributed by atoms with van der Waals surface area (Å²) < 4.78 is 77.8. The number of nitrogens with zero attached hydrogens (tertiary/aromatic N) is 1. The lowest BCUT2D eigenvalue weighted by molar-refractivity contribution is -0.188. The lowest BCUT2D eigenvalue weighted by atomic mass is 9.88. The van der Waals surface area contributed by atoms with Gasteiger partial charge in [-0.05, 0) is 11.8 Å². The van der Waals surface area contributed by atoms with Gasteiger partial charge in [0.05, 0.1) is 11.8 Å². The van der Waals surface area contributed by atoms with Gasteiger partial charge < -0.3 is 15.3 Å². The van der Waals surface area contributed by atoms with E-state index in [0.717, 1.165) is 0 Å². The molecule has 25 heavy (non-hydrogen) atoms. The Balaban J connectivity index is 2.90. The smallest absolute Gasteiger partial charge is 0.408 e. The van der Waals surface area contributed by atoms with Gasteiger partial charge in [0.15, 0.2) is 0 Å². The summed E-state index contributed by atoms with van der Waals surface area (Å²) >= 11 is 0. The lowest BCUT2D eigenvalue weighted by Gasteiger charge is -2.30. The first-order valence-electron chi connectivity index (χ1n) is 7.44. The first-order valence-corrected chi connectivity index (χ1v) is 7.44. The third kappa shape index (κ3) is 5.96. The van der Waals surface area contributed by atoms with Crippen LogP contribution in [0.4, 0.5) is 31.1 Å². The number of urea groups is 1. The summed E-state index contributed by atoms with van der Waals surface area (Å²) in [4.78, 5) is 23.4. The van der Waals surface area contributed by atoms with Crippen LogP contribution >= 0.6 is 0 Å². The summed E-state index contributed by atoms with van der Waals surface area (Å²) in [6.07, 6.45) is -10.1. The highest BCUT2D eigenvalue weighted by atomic mass is 19.4. The fourth-order valence-corrected chi connectivity index (χ4v) is 2.65. The van der Waals surface area contributed by atoms with Crippen molar-refractivity contribution in [3.8, 4) is 0 Å². The second-order valence-electron chi connectivity index (χ2n) is 7.31. The van der Waals surface area contributed by atoms with E-state index in [4.69, 9.17) is 5.11 Å². The zero-order chi connectivity index (χ0) is 19.8. The fraction of sp³-hybridized carbons (Fsp3) is 0.857. The van der Waals surface area contributed by atoms with Gasteiger partial charge in [0.2, 0.25) is 0 Å². The Hall–Kier alpha value is -1.68. The second-order valence-corrected chi connectivity index (χ2v) is 7.31. The molecular weight excluding hydrogens is 358 g/mol. The number of alkyl halides is 6. The van der Waals surface area contributed by atoms with Crippen LogP contribution in [0.3, 0.4) is 0 Å². The molecule has 1 rings (SSSR count). The molecule has 0 spiro atoms. The topological polar surface area (TPSA) is 69.6 Å². The van der Waals surface area contributed by atoms with Crippen LogP contribution in [0.15, 0.2) is 0 Å². The van der Waals surface area contributed by atoms with E-state index in [9.17, 15) is 35.9 Å². The molecule has 1 aliphatic rings. The van der Waals surface area contributed by atoms with E-state index in [1.807, 2.05) is 0 Å². The maximum atomic E-state index is 13.1. The number of hydrogen-bond donors (Lipinski definition) is 2. The summed E-state index contributed by atoms with van der Waals surface area (Å²) in [5.41, 5.74) is -0.795. The van der Waals surface area contributed by atoms with Crippen LogP contribution < -0.4 is 5.32 Å². The van der Waals surface area contributed by atoms with E-state index in [0.29, 0.717) is 4.90 Å². The van der Waals surface area contributed by atoms with E-state index in [-0.39, 0.29) is 0 Å². The van der Waals surface area contributed by atoms with Crippen molar-refractivity contribution in [1.82, 2.24) is 10.2 Å². The molecule has 0 aromatic carbocycles. The minimum atomic E-state index is -4.87. The Morgan fingerprint density at radius 1 is 1.12 bits per heavy atom. The molecule has 5 nitrogen and oxygen atoms in total. The van der Waals surface area contributed by atoms with Crippen LogP contribution in [0.5, 0.6) is 0 Å². The van der Waals surface area contributed by atoms with Crippen LogP contribution in [0.1, 0.15) is 27.2 Å². The molecule has 2 N–H and O–H groups in total. The predicted molar refractivity (Wildman–Crippen MR) is 74.7 cm³/mol. The lowest BCUT2D eigenvalue weighted by Crippen LogP contribution is -2.51. The second kappa shape index (κ2) is 6.91. The molecule has 1 fully saturated rings. The average molecular weight is 378 g/mol. The minimum Gasteiger partial charge on any atom is -0.481 e. The predicted octanol–water partition coefficient (Wildman–Crippen LogP) is 3.26. The molecular formula is C14H20F6N2O3. The largest absolute Gasteiger partial charge is 0.481 e. The number of likely N-dealkylation sites (tertiary alicyclic amines) is 1. The van der Waals surface area contributed by atoms with E-state index in [1.165, 1.54) is 20.8 Å². The Kier molecular flexibility index (Phi) is 5.90. The van der Waals surface area contributed by atoms with Crippen molar-refractivity contribution in [2.45, 2.75) is 45.6 Å². The van der Waals surface area contributed by atoms with Gasteiger partial charge in [-0.3, -0.25) is 4.79 Å². The quantitative estimate of drug-likeness (QED) is 0.741. The van der Waals surface area contributed by atoms with Crippen LogP contribution in [0, 0.1) is 17.3 Å². The van der Waals surface area contributed by atoms with Crippen LogP contribution in [0.2, 0.25) is 0 Å². The zero-order valence-corrected chi connectivity index (χ0v) is 13.8. The number of aliphatic carboxylic acids is 1. The van der Waals surface area contributed by atoms with E-state index in [1.54, 1.807) is 5.32 Å². The molecule has 1 heterocycles. The van der Waals surface area contributed by atoms with Crippen molar-refractivity contribution in [2.75, 3.05) is 13.1 Å². The normalized spacial score (nSPS) is 23.5. The fourth-order valence-electron chi connectivity index (χ4n) is 2.65. The number of nitrogens with one attached hydrogen (secondary N) is 1. The van der Waals surface area contributed by atoms with Gasteiger partial charge in [-0.1, -0.05) is 20.8 Å². The van der Waals surface area contributed by atoms with Crippen LogP contribution in [0.25, 0.3) is 0 Å². The molecule has 1 aliphatic heterocycles. The number of amides is 2. The molecule has 2 amide bonds. The zero-order valence-electron chi connectivity index (χ0n) is 13.8. The Morgan fingerprint density at radius 2 is 1.64 bits per heavy atom. The number of carboxylic acids is 1. The first-order chi connectivity index (χ1) is 11.0. The number of halogens is 6. The number of carbonyl (C=O) groups excluding carboxylic acids is 1. The molecule has 0 aliphatic carbocycles. The third-order valence-electron chi connectivity index (χ3n) is 3.85. The summed E-state index contributed by atoms with van der Waals surface area (Å²) in [6, 6.07) is -3.60. The molecule has 1 unspecified atom stereocenters. The standard InChI is InChI=1S/C14H20F6N2O3/c1-12(2,3)4-9(14(18,19)20)21-11(25)22-5-7(10(23)24)8(6-22)13(15,16)17/h7-9H,4-6H2,1-3H3,(H,21,25)(H,23,24)/t7-,8-,9?/m1/s1. The number of carbonyl (C=O) groups is 2.